The van der Waals surface area contributed by atoms with Gasteiger partial charge in [0, 0.05) is 23.2 Å². The Hall–Kier alpha value is -3.06. The Balaban J connectivity index is 1.72. The third kappa shape index (κ3) is 4.20. The highest BCUT2D eigenvalue weighted by Gasteiger charge is 2.18. The minimum atomic E-state index is -0.206. The van der Waals surface area contributed by atoms with Crippen LogP contribution in [0.25, 0.3) is 11.4 Å². The van der Waals surface area contributed by atoms with Gasteiger partial charge in [-0.3, -0.25) is 4.79 Å². The van der Waals surface area contributed by atoms with Crippen molar-refractivity contribution in [3.05, 3.63) is 58.9 Å². The van der Waals surface area contributed by atoms with Crippen LogP contribution in [0.4, 0.5) is 0 Å². The third-order valence-electron chi connectivity index (χ3n) is 3.92. The summed E-state index contributed by atoms with van der Waals surface area (Å²) >= 11 is 5.88. The Morgan fingerprint density at radius 1 is 1.11 bits per heavy atom. The highest BCUT2D eigenvalue weighted by atomic mass is 35.5. The fourth-order valence-corrected chi connectivity index (χ4v) is 2.63. The second kappa shape index (κ2) is 8.09. The maximum atomic E-state index is 12.7. The van der Waals surface area contributed by atoms with Crippen molar-refractivity contribution in [2.24, 2.45) is 0 Å². The summed E-state index contributed by atoms with van der Waals surface area (Å²) in [5, 5.41) is 4.58. The first-order chi connectivity index (χ1) is 13.0. The second-order valence-corrected chi connectivity index (χ2v) is 6.19. The number of aromatic nitrogens is 2. The molecule has 1 aromatic heterocycles. The lowest BCUT2D eigenvalue weighted by molar-refractivity contribution is 0.0769. The Labute approximate surface area is 161 Å². The SMILES string of the molecule is COc1ccc(C(=O)N(C)Cc2nc(-c3ccc(Cl)cc3)no2)cc1OC. The van der Waals surface area contributed by atoms with Gasteiger partial charge in [-0.2, -0.15) is 4.98 Å². The van der Waals surface area contributed by atoms with Crippen molar-refractivity contribution in [2.45, 2.75) is 6.54 Å². The van der Waals surface area contributed by atoms with E-state index < -0.39 is 0 Å². The molecule has 1 amide bonds. The number of hydrogen-bond donors (Lipinski definition) is 0. The normalized spacial score (nSPS) is 10.5. The van der Waals surface area contributed by atoms with Crippen molar-refractivity contribution >= 4 is 17.5 Å². The molecule has 0 aliphatic heterocycles. The Bertz CT molecular complexity index is 940. The first kappa shape index (κ1) is 18.7. The molecule has 0 radical (unpaired) electrons. The zero-order chi connectivity index (χ0) is 19.4. The van der Waals surface area contributed by atoms with Crippen molar-refractivity contribution in [3.8, 4) is 22.9 Å². The molecule has 7 nitrogen and oxygen atoms in total. The average Bonchev–Trinajstić information content (AvgIpc) is 3.15. The van der Waals surface area contributed by atoms with E-state index in [4.69, 9.17) is 25.6 Å². The monoisotopic (exact) mass is 387 g/mol. The largest absolute Gasteiger partial charge is 0.493 e. The predicted molar refractivity (Wildman–Crippen MR) is 100 cm³/mol. The number of carbonyl (C=O) groups excluding carboxylic acids is 1. The number of nitrogens with zero attached hydrogens (tertiary/aromatic N) is 3. The summed E-state index contributed by atoms with van der Waals surface area (Å²) in [6.07, 6.45) is 0. The molecule has 2 aromatic carbocycles. The molecule has 3 aromatic rings. The molecule has 0 saturated carbocycles. The van der Waals surface area contributed by atoms with E-state index in [1.54, 1.807) is 56.6 Å². The van der Waals surface area contributed by atoms with Gasteiger partial charge in [0.05, 0.1) is 20.8 Å². The minimum Gasteiger partial charge on any atom is -0.493 e. The molecule has 0 bridgehead atoms. The zero-order valence-corrected chi connectivity index (χ0v) is 15.9. The Morgan fingerprint density at radius 2 is 1.81 bits per heavy atom. The van der Waals surface area contributed by atoms with Gasteiger partial charge in [0.1, 0.15) is 0 Å². The molecule has 27 heavy (non-hydrogen) atoms. The van der Waals surface area contributed by atoms with Crippen molar-refractivity contribution in [1.82, 2.24) is 15.0 Å². The number of rotatable bonds is 6. The lowest BCUT2D eigenvalue weighted by Crippen LogP contribution is -2.26. The van der Waals surface area contributed by atoms with Crippen molar-refractivity contribution in [2.75, 3.05) is 21.3 Å². The quantitative estimate of drug-likeness (QED) is 0.642. The molecule has 0 aliphatic rings. The van der Waals surface area contributed by atoms with Gasteiger partial charge in [0.15, 0.2) is 11.5 Å². The maximum Gasteiger partial charge on any atom is 0.254 e. The number of amides is 1. The van der Waals surface area contributed by atoms with Crippen LogP contribution in [0.3, 0.4) is 0 Å². The predicted octanol–water partition coefficient (Wildman–Crippen LogP) is 3.68. The number of carbonyl (C=O) groups is 1. The highest BCUT2D eigenvalue weighted by Crippen LogP contribution is 2.28. The van der Waals surface area contributed by atoms with Crippen molar-refractivity contribution in [3.63, 3.8) is 0 Å². The van der Waals surface area contributed by atoms with E-state index >= 15 is 0 Å². The third-order valence-corrected chi connectivity index (χ3v) is 4.17. The molecule has 0 N–H and O–H groups in total. The van der Waals surface area contributed by atoms with Crippen molar-refractivity contribution < 1.29 is 18.8 Å². The van der Waals surface area contributed by atoms with Crippen LogP contribution in [0.5, 0.6) is 11.5 Å². The smallest absolute Gasteiger partial charge is 0.254 e. The molecule has 0 aliphatic carbocycles. The number of halogens is 1. The van der Waals surface area contributed by atoms with E-state index in [-0.39, 0.29) is 12.5 Å². The van der Waals surface area contributed by atoms with Gasteiger partial charge in [-0.25, -0.2) is 0 Å². The standard InChI is InChI=1S/C19H18ClN3O4/c1-23(19(24)13-6-9-15(25-2)16(10-13)26-3)11-17-21-18(22-27-17)12-4-7-14(20)8-5-12/h4-10H,11H2,1-3H3. The molecule has 0 atom stereocenters. The lowest BCUT2D eigenvalue weighted by Gasteiger charge is -2.16. The van der Waals surface area contributed by atoms with Crippen LogP contribution in [0, 0.1) is 0 Å². The van der Waals surface area contributed by atoms with Gasteiger partial charge in [0.25, 0.3) is 5.91 Å². The van der Waals surface area contributed by atoms with Crippen LogP contribution < -0.4 is 9.47 Å². The summed E-state index contributed by atoms with van der Waals surface area (Å²) in [4.78, 5) is 18.5. The number of ether oxygens (including phenoxy) is 2. The van der Waals surface area contributed by atoms with Gasteiger partial charge in [0.2, 0.25) is 11.7 Å². The fraction of sp³-hybridized carbons (Fsp3) is 0.211. The molecule has 140 valence electrons. The van der Waals surface area contributed by atoms with E-state index in [9.17, 15) is 4.79 Å². The molecule has 0 saturated heterocycles. The highest BCUT2D eigenvalue weighted by molar-refractivity contribution is 6.30. The maximum absolute atomic E-state index is 12.7. The van der Waals surface area contributed by atoms with Gasteiger partial charge in [-0.05, 0) is 42.5 Å². The first-order valence-electron chi connectivity index (χ1n) is 8.08. The second-order valence-electron chi connectivity index (χ2n) is 5.75. The van der Waals surface area contributed by atoms with Crippen molar-refractivity contribution in [1.29, 1.82) is 0 Å². The lowest BCUT2D eigenvalue weighted by atomic mass is 10.1. The summed E-state index contributed by atoms with van der Waals surface area (Å²) < 4.78 is 15.7. The summed E-state index contributed by atoms with van der Waals surface area (Å²) in [6.45, 7) is 0.174. The molecule has 1 heterocycles. The Morgan fingerprint density at radius 3 is 2.48 bits per heavy atom. The zero-order valence-electron chi connectivity index (χ0n) is 15.1. The van der Waals surface area contributed by atoms with Crippen LogP contribution in [-0.2, 0) is 6.54 Å². The number of benzene rings is 2. The summed E-state index contributed by atoms with van der Waals surface area (Å²) in [6, 6.07) is 12.1. The van der Waals surface area contributed by atoms with E-state index in [1.165, 1.54) is 12.0 Å². The molecular weight excluding hydrogens is 370 g/mol. The molecular formula is C19H18ClN3O4. The van der Waals surface area contributed by atoms with E-state index in [0.717, 1.165) is 5.56 Å². The Kier molecular flexibility index (Phi) is 5.61. The van der Waals surface area contributed by atoms with E-state index in [1.807, 2.05) is 0 Å². The van der Waals surface area contributed by atoms with Gasteiger partial charge in [-0.15, -0.1) is 0 Å². The van der Waals surface area contributed by atoms with Crippen LogP contribution >= 0.6 is 11.6 Å². The summed E-state index contributed by atoms with van der Waals surface area (Å²) in [5.41, 5.74) is 1.25. The number of hydrogen-bond acceptors (Lipinski definition) is 6. The summed E-state index contributed by atoms with van der Waals surface area (Å²) in [5.74, 6) is 1.60. The molecule has 0 spiro atoms. The minimum absolute atomic E-state index is 0.174. The topological polar surface area (TPSA) is 77.7 Å². The van der Waals surface area contributed by atoms with E-state index in [2.05, 4.69) is 10.1 Å². The molecule has 8 heteroatoms. The molecule has 3 rings (SSSR count). The molecule has 0 fully saturated rings. The van der Waals surface area contributed by atoms with Crippen LogP contribution in [-0.4, -0.2) is 42.2 Å². The van der Waals surface area contributed by atoms with Gasteiger partial charge in [-0.1, -0.05) is 16.8 Å². The van der Waals surface area contributed by atoms with E-state index in [0.29, 0.717) is 33.8 Å². The van der Waals surface area contributed by atoms with Crippen LogP contribution in [0.1, 0.15) is 16.2 Å². The van der Waals surface area contributed by atoms with Crippen LogP contribution in [0.15, 0.2) is 47.0 Å². The van der Waals surface area contributed by atoms with Gasteiger partial charge >= 0.3 is 0 Å². The molecule has 0 unspecified atom stereocenters. The summed E-state index contributed by atoms with van der Waals surface area (Å²) in [7, 11) is 4.72. The number of methoxy groups -OCH3 is 2. The average molecular weight is 388 g/mol. The fourth-order valence-electron chi connectivity index (χ4n) is 2.50. The van der Waals surface area contributed by atoms with Crippen LogP contribution in [0.2, 0.25) is 5.02 Å². The van der Waals surface area contributed by atoms with Gasteiger partial charge < -0.3 is 18.9 Å². The first-order valence-corrected chi connectivity index (χ1v) is 8.45.